The number of nitrogens with one attached hydrogen (secondary N) is 1. The molecule has 1 aliphatic rings. The second-order valence-electron chi connectivity index (χ2n) is 8.36. The van der Waals surface area contributed by atoms with Crippen molar-refractivity contribution in [1.29, 1.82) is 0 Å². The molecule has 0 saturated carbocycles. The molecule has 2 amide bonds. The fourth-order valence-electron chi connectivity index (χ4n) is 4.32. The molecule has 1 aromatic heterocycles. The largest absolute Gasteiger partial charge is 0.481 e. The summed E-state index contributed by atoms with van der Waals surface area (Å²) in [6.45, 7) is 0.398. The molecule has 1 aliphatic carbocycles. The van der Waals surface area contributed by atoms with E-state index in [1.807, 2.05) is 54.6 Å². The number of nitrogens with zero attached hydrogens (tertiary/aromatic N) is 1. The Morgan fingerprint density at radius 1 is 1.06 bits per heavy atom. The molecule has 2 aromatic carbocycles. The molecular weight excluding hydrogens is 488 g/mol. The van der Waals surface area contributed by atoms with E-state index in [1.54, 1.807) is 13.1 Å². The molecule has 0 fully saturated rings. The lowest BCUT2D eigenvalue weighted by molar-refractivity contribution is -0.137. The van der Waals surface area contributed by atoms with Crippen molar-refractivity contribution in [1.82, 2.24) is 10.2 Å². The number of halogens is 1. The molecule has 0 spiro atoms. The van der Waals surface area contributed by atoms with Gasteiger partial charge >= 0.3 is 12.1 Å². The number of ether oxygens (including phenoxy) is 1. The fraction of sp³-hybridized carbons (Fsp3) is 0.269. The van der Waals surface area contributed by atoms with E-state index in [1.165, 1.54) is 16.2 Å². The number of aliphatic carboxylic acids is 1. The average molecular weight is 513 g/mol. The maximum Gasteiger partial charge on any atom is 0.407 e. The lowest BCUT2D eigenvalue weighted by atomic mass is 9.98. The van der Waals surface area contributed by atoms with Crippen LogP contribution in [0.25, 0.3) is 11.1 Å². The zero-order valence-corrected chi connectivity index (χ0v) is 20.6. The van der Waals surface area contributed by atoms with Crippen LogP contribution in [0.15, 0.2) is 60.7 Å². The van der Waals surface area contributed by atoms with Gasteiger partial charge in [-0.3, -0.25) is 9.59 Å². The molecule has 182 valence electrons. The Balaban J connectivity index is 1.41. The van der Waals surface area contributed by atoms with E-state index in [0.29, 0.717) is 10.9 Å². The van der Waals surface area contributed by atoms with E-state index in [0.717, 1.165) is 27.1 Å². The van der Waals surface area contributed by atoms with Gasteiger partial charge in [0.15, 0.2) is 0 Å². The fourth-order valence-corrected chi connectivity index (χ4v) is 5.46. The van der Waals surface area contributed by atoms with Gasteiger partial charge in [-0.15, -0.1) is 11.3 Å². The van der Waals surface area contributed by atoms with Gasteiger partial charge < -0.3 is 20.1 Å². The number of hydrogen-bond donors (Lipinski definition) is 2. The molecule has 0 aliphatic heterocycles. The predicted molar refractivity (Wildman–Crippen MR) is 135 cm³/mol. The summed E-state index contributed by atoms with van der Waals surface area (Å²) in [6.07, 6.45) is -1.07. The minimum atomic E-state index is -1.05. The topological polar surface area (TPSA) is 95.9 Å². The highest BCUT2D eigenvalue weighted by Gasteiger charge is 2.30. The Kier molecular flexibility index (Phi) is 7.73. The van der Waals surface area contributed by atoms with Gasteiger partial charge in [0.25, 0.3) is 0 Å². The van der Waals surface area contributed by atoms with Crippen molar-refractivity contribution < 1.29 is 24.2 Å². The van der Waals surface area contributed by atoms with Crippen LogP contribution < -0.4 is 5.32 Å². The highest BCUT2D eigenvalue weighted by Crippen LogP contribution is 2.44. The highest BCUT2D eigenvalue weighted by molar-refractivity contribution is 7.16. The molecule has 35 heavy (non-hydrogen) atoms. The van der Waals surface area contributed by atoms with Crippen LogP contribution in [0.2, 0.25) is 4.34 Å². The van der Waals surface area contributed by atoms with E-state index in [-0.39, 0.29) is 25.4 Å². The zero-order valence-electron chi connectivity index (χ0n) is 19.1. The second-order valence-corrected chi connectivity index (χ2v) is 10.2. The number of carbonyl (C=O) groups excluding carboxylic acids is 2. The third-order valence-electron chi connectivity index (χ3n) is 5.98. The number of amides is 2. The number of thiophene rings is 1. The molecule has 1 heterocycles. The van der Waals surface area contributed by atoms with Gasteiger partial charge in [-0.1, -0.05) is 60.1 Å². The third kappa shape index (κ3) is 5.83. The minimum absolute atomic E-state index is 0.0477. The van der Waals surface area contributed by atoms with E-state index in [9.17, 15) is 14.4 Å². The SMILES string of the molecule is CN(Cc1ccc(Cl)s1)C(=O)C(CCC(=O)O)NC(=O)OCC1c2ccccc2-c2ccccc21. The number of rotatable bonds is 9. The molecular formula is C26H25ClN2O5S. The normalized spacial score (nSPS) is 13.0. The number of fused-ring (bicyclic) bond motifs is 3. The maximum atomic E-state index is 13.0. The zero-order chi connectivity index (χ0) is 24.9. The Labute approximate surface area is 212 Å². The highest BCUT2D eigenvalue weighted by atomic mass is 35.5. The van der Waals surface area contributed by atoms with Crippen LogP contribution in [0.1, 0.15) is 34.8 Å². The number of alkyl carbamates (subject to hydrolysis) is 1. The van der Waals surface area contributed by atoms with Gasteiger partial charge in [-0.05, 0) is 40.8 Å². The number of likely N-dealkylation sites (N-methyl/N-ethyl adjacent to an activating group) is 1. The first-order valence-corrected chi connectivity index (χ1v) is 12.4. The van der Waals surface area contributed by atoms with Crippen LogP contribution >= 0.6 is 22.9 Å². The van der Waals surface area contributed by atoms with Crippen LogP contribution in [0.3, 0.4) is 0 Å². The molecule has 0 saturated heterocycles. The number of hydrogen-bond acceptors (Lipinski definition) is 5. The van der Waals surface area contributed by atoms with E-state index < -0.39 is 24.0 Å². The summed E-state index contributed by atoms with van der Waals surface area (Å²) in [5.41, 5.74) is 4.38. The van der Waals surface area contributed by atoms with Crippen LogP contribution in [0.4, 0.5) is 4.79 Å². The molecule has 1 atom stereocenters. The van der Waals surface area contributed by atoms with Gasteiger partial charge in [0, 0.05) is 24.3 Å². The minimum Gasteiger partial charge on any atom is -0.481 e. The van der Waals surface area contributed by atoms with Gasteiger partial charge in [-0.2, -0.15) is 0 Å². The average Bonchev–Trinajstić information content (AvgIpc) is 3.40. The van der Waals surface area contributed by atoms with Crippen LogP contribution in [0.5, 0.6) is 0 Å². The van der Waals surface area contributed by atoms with Crippen molar-refractivity contribution in [2.24, 2.45) is 0 Å². The molecule has 7 nitrogen and oxygen atoms in total. The summed E-state index contributed by atoms with van der Waals surface area (Å²) < 4.78 is 6.16. The van der Waals surface area contributed by atoms with Crippen molar-refractivity contribution in [3.63, 3.8) is 0 Å². The summed E-state index contributed by atoms with van der Waals surface area (Å²) in [6, 6.07) is 18.5. The van der Waals surface area contributed by atoms with Gasteiger partial charge in [0.2, 0.25) is 5.91 Å². The van der Waals surface area contributed by atoms with E-state index >= 15 is 0 Å². The number of carbonyl (C=O) groups is 3. The summed E-state index contributed by atoms with van der Waals surface area (Å²) in [7, 11) is 1.60. The van der Waals surface area contributed by atoms with Crippen molar-refractivity contribution in [2.45, 2.75) is 31.3 Å². The lowest BCUT2D eigenvalue weighted by Gasteiger charge is -2.24. The van der Waals surface area contributed by atoms with Crippen molar-refractivity contribution in [3.8, 4) is 11.1 Å². The quantitative estimate of drug-likeness (QED) is 0.414. The summed E-state index contributed by atoms with van der Waals surface area (Å²) in [4.78, 5) is 39.2. The Hall–Kier alpha value is -3.36. The third-order valence-corrected chi connectivity index (χ3v) is 7.19. The van der Waals surface area contributed by atoms with E-state index in [2.05, 4.69) is 5.32 Å². The first-order chi connectivity index (χ1) is 16.8. The van der Waals surface area contributed by atoms with E-state index in [4.69, 9.17) is 21.4 Å². The molecule has 0 radical (unpaired) electrons. The van der Waals surface area contributed by atoms with Crippen LogP contribution in [-0.4, -0.2) is 47.7 Å². The smallest absolute Gasteiger partial charge is 0.407 e. The number of benzene rings is 2. The first-order valence-electron chi connectivity index (χ1n) is 11.2. The van der Waals surface area contributed by atoms with Crippen molar-refractivity contribution in [3.05, 3.63) is 81.0 Å². The summed E-state index contributed by atoms with van der Waals surface area (Å²) in [5.74, 6) is -1.57. The van der Waals surface area contributed by atoms with Crippen LogP contribution in [-0.2, 0) is 20.9 Å². The van der Waals surface area contributed by atoms with Gasteiger partial charge in [-0.25, -0.2) is 4.79 Å². The van der Waals surface area contributed by atoms with Crippen molar-refractivity contribution in [2.75, 3.05) is 13.7 Å². The Morgan fingerprint density at radius 2 is 1.69 bits per heavy atom. The molecule has 4 rings (SSSR count). The summed E-state index contributed by atoms with van der Waals surface area (Å²) in [5, 5.41) is 11.7. The molecule has 0 bridgehead atoms. The number of carboxylic acid groups (broad SMARTS) is 1. The van der Waals surface area contributed by atoms with Gasteiger partial charge in [0.05, 0.1) is 10.9 Å². The maximum absolute atomic E-state index is 13.0. The molecule has 9 heteroatoms. The summed E-state index contributed by atoms with van der Waals surface area (Å²) >= 11 is 7.32. The molecule has 3 aromatic rings. The van der Waals surface area contributed by atoms with Crippen molar-refractivity contribution >= 4 is 40.9 Å². The second kappa shape index (κ2) is 10.9. The Morgan fingerprint density at radius 3 is 2.26 bits per heavy atom. The lowest BCUT2D eigenvalue weighted by Crippen LogP contribution is -2.47. The van der Waals surface area contributed by atoms with Crippen LogP contribution in [0, 0.1) is 0 Å². The Bertz CT molecular complexity index is 1200. The first kappa shape index (κ1) is 24.8. The molecule has 1 unspecified atom stereocenters. The molecule has 2 N–H and O–H groups in total. The standard InChI is InChI=1S/C26H25ClN2O5S/c1-29(14-16-10-12-23(27)35-16)25(32)22(11-13-24(30)31)28-26(33)34-15-21-19-8-4-2-6-17(19)18-7-3-5-9-20(18)21/h2-10,12,21-22H,11,13-15H2,1H3,(H,28,33)(H,30,31). The monoisotopic (exact) mass is 512 g/mol. The van der Waals surface area contributed by atoms with Gasteiger partial charge in [0.1, 0.15) is 12.6 Å². The predicted octanol–water partition coefficient (Wildman–Crippen LogP) is 5.13. The number of carboxylic acids is 1.